The van der Waals surface area contributed by atoms with E-state index in [1.54, 1.807) is 16.8 Å². The lowest BCUT2D eigenvalue weighted by atomic mass is 10.1. The summed E-state index contributed by atoms with van der Waals surface area (Å²) in [5, 5.41) is 7.54. The predicted molar refractivity (Wildman–Crippen MR) is 94.2 cm³/mol. The van der Waals surface area contributed by atoms with Gasteiger partial charge in [-0.25, -0.2) is 0 Å². The summed E-state index contributed by atoms with van der Waals surface area (Å²) in [6.07, 6.45) is 0.710. The topological polar surface area (TPSA) is 64.0 Å². The van der Waals surface area contributed by atoms with Crippen LogP contribution in [0.1, 0.15) is 23.0 Å². The van der Waals surface area contributed by atoms with Crippen molar-refractivity contribution in [2.75, 3.05) is 6.54 Å². The highest BCUT2D eigenvalue weighted by molar-refractivity contribution is 5.95. The highest BCUT2D eigenvalue weighted by atomic mass is 16.2. The number of benzene rings is 2. The molecule has 1 heterocycles. The quantitative estimate of drug-likeness (QED) is 0.785. The Balaban J connectivity index is 1.82. The van der Waals surface area contributed by atoms with Gasteiger partial charge in [-0.2, -0.15) is 5.10 Å². The summed E-state index contributed by atoms with van der Waals surface area (Å²) in [5.41, 5.74) is 1.50. The van der Waals surface area contributed by atoms with E-state index in [1.807, 2.05) is 49.4 Å². The number of aryl methyl sites for hydroxylation is 1. The number of nitrogens with one attached hydrogen (secondary N) is 1. The number of hydrogen-bond acceptors (Lipinski definition) is 3. The number of para-hydroxylation sites is 1. The zero-order valence-electron chi connectivity index (χ0n) is 13.5. The van der Waals surface area contributed by atoms with Crippen LogP contribution in [-0.2, 0) is 13.0 Å². The molecule has 0 fully saturated rings. The van der Waals surface area contributed by atoms with Crippen LogP contribution in [0.25, 0.3) is 10.9 Å². The van der Waals surface area contributed by atoms with Crippen molar-refractivity contribution >= 4 is 16.8 Å². The molecule has 0 spiro atoms. The van der Waals surface area contributed by atoms with Gasteiger partial charge in [0.05, 0.1) is 5.52 Å². The summed E-state index contributed by atoms with van der Waals surface area (Å²) in [7, 11) is 0. The number of hydrogen-bond donors (Lipinski definition) is 1. The van der Waals surface area contributed by atoms with Gasteiger partial charge in [-0.1, -0.05) is 42.5 Å². The van der Waals surface area contributed by atoms with E-state index in [0.29, 0.717) is 24.9 Å². The molecule has 0 saturated carbocycles. The molecule has 3 rings (SSSR count). The first-order valence-electron chi connectivity index (χ1n) is 8.02. The fraction of sp³-hybridized carbons (Fsp3) is 0.211. The van der Waals surface area contributed by atoms with Crippen molar-refractivity contribution in [3.05, 3.63) is 76.1 Å². The molecule has 5 heteroatoms. The minimum absolute atomic E-state index is 0.0522. The molecule has 1 N–H and O–H groups in total. The Kier molecular flexibility index (Phi) is 4.70. The van der Waals surface area contributed by atoms with Crippen LogP contribution in [0.3, 0.4) is 0 Å². The van der Waals surface area contributed by atoms with E-state index in [1.165, 1.54) is 0 Å². The summed E-state index contributed by atoms with van der Waals surface area (Å²) in [5.74, 6) is -0.427. The highest BCUT2D eigenvalue weighted by Gasteiger charge is 2.16. The van der Waals surface area contributed by atoms with Gasteiger partial charge in [0.1, 0.15) is 0 Å². The lowest BCUT2D eigenvalue weighted by Gasteiger charge is -2.10. The third-order valence-electron chi connectivity index (χ3n) is 3.92. The van der Waals surface area contributed by atoms with E-state index < -0.39 is 5.91 Å². The van der Waals surface area contributed by atoms with Gasteiger partial charge in [-0.15, -0.1) is 0 Å². The van der Waals surface area contributed by atoms with Gasteiger partial charge in [0, 0.05) is 18.5 Å². The Hall–Kier alpha value is -2.95. The Morgan fingerprint density at radius 3 is 2.54 bits per heavy atom. The second kappa shape index (κ2) is 7.08. The lowest BCUT2D eigenvalue weighted by molar-refractivity contribution is 0.0946. The zero-order chi connectivity index (χ0) is 16.9. The molecular formula is C19H19N3O2. The number of carbonyl (C=O) groups is 1. The number of rotatable bonds is 5. The lowest BCUT2D eigenvalue weighted by Crippen LogP contribution is -2.33. The minimum atomic E-state index is -0.427. The average molecular weight is 321 g/mol. The number of amides is 1. The third kappa shape index (κ3) is 3.20. The first kappa shape index (κ1) is 15.9. The van der Waals surface area contributed by atoms with Crippen LogP contribution in [0.5, 0.6) is 0 Å². The second-order valence-corrected chi connectivity index (χ2v) is 5.50. The molecule has 0 aliphatic rings. The Morgan fingerprint density at radius 2 is 1.79 bits per heavy atom. The molecule has 0 unspecified atom stereocenters. The standard InChI is InChI=1S/C19H19N3O2/c1-2-22-16-11-7-6-10-15(16)18(23)17(21-22)19(24)20-13-12-14-8-4-3-5-9-14/h3-11H,2,12-13H2,1H3,(H,20,24). The predicted octanol–water partition coefficient (Wildman–Crippen LogP) is 2.39. The van der Waals surface area contributed by atoms with Crippen molar-refractivity contribution in [3.8, 4) is 0 Å². The van der Waals surface area contributed by atoms with Crippen molar-refractivity contribution in [1.29, 1.82) is 0 Å². The average Bonchev–Trinajstić information content (AvgIpc) is 2.63. The Bertz CT molecular complexity index is 917. The van der Waals surface area contributed by atoms with Crippen molar-refractivity contribution < 1.29 is 4.79 Å². The van der Waals surface area contributed by atoms with E-state index in [4.69, 9.17) is 0 Å². The van der Waals surface area contributed by atoms with Crippen LogP contribution < -0.4 is 10.7 Å². The molecule has 0 aliphatic carbocycles. The fourth-order valence-electron chi connectivity index (χ4n) is 2.68. The molecule has 0 atom stereocenters. The van der Waals surface area contributed by atoms with Crippen LogP contribution >= 0.6 is 0 Å². The van der Waals surface area contributed by atoms with Gasteiger partial charge in [0.15, 0.2) is 5.69 Å². The van der Waals surface area contributed by atoms with Gasteiger partial charge < -0.3 is 5.32 Å². The van der Waals surface area contributed by atoms with Gasteiger partial charge in [0.2, 0.25) is 5.43 Å². The molecule has 1 aromatic heterocycles. The van der Waals surface area contributed by atoms with Gasteiger partial charge in [-0.3, -0.25) is 14.3 Å². The zero-order valence-corrected chi connectivity index (χ0v) is 13.5. The molecule has 122 valence electrons. The van der Waals surface area contributed by atoms with E-state index in [0.717, 1.165) is 11.1 Å². The maximum atomic E-state index is 12.5. The smallest absolute Gasteiger partial charge is 0.275 e. The number of aromatic nitrogens is 2. The normalized spacial score (nSPS) is 10.7. The molecule has 24 heavy (non-hydrogen) atoms. The van der Waals surface area contributed by atoms with Gasteiger partial charge in [-0.05, 0) is 31.0 Å². The maximum Gasteiger partial charge on any atom is 0.275 e. The maximum absolute atomic E-state index is 12.5. The Morgan fingerprint density at radius 1 is 1.08 bits per heavy atom. The molecular weight excluding hydrogens is 302 g/mol. The summed E-state index contributed by atoms with van der Waals surface area (Å²) in [6.45, 7) is 2.98. The molecule has 1 amide bonds. The van der Waals surface area contributed by atoms with Crippen molar-refractivity contribution in [2.45, 2.75) is 19.9 Å². The monoisotopic (exact) mass is 321 g/mol. The number of nitrogens with zero attached hydrogens (tertiary/aromatic N) is 2. The van der Waals surface area contributed by atoms with Crippen molar-refractivity contribution in [2.24, 2.45) is 0 Å². The van der Waals surface area contributed by atoms with Crippen LogP contribution in [0.2, 0.25) is 0 Å². The van der Waals surface area contributed by atoms with E-state index in [2.05, 4.69) is 10.4 Å². The molecule has 0 radical (unpaired) electrons. The SMILES string of the molecule is CCn1nc(C(=O)NCCc2ccccc2)c(=O)c2ccccc21. The minimum Gasteiger partial charge on any atom is -0.350 e. The third-order valence-corrected chi connectivity index (χ3v) is 3.92. The molecule has 2 aromatic carbocycles. The summed E-state index contributed by atoms with van der Waals surface area (Å²) >= 11 is 0. The Labute approximate surface area is 139 Å². The van der Waals surface area contributed by atoms with Crippen molar-refractivity contribution in [1.82, 2.24) is 15.1 Å². The molecule has 0 bridgehead atoms. The number of fused-ring (bicyclic) bond motifs is 1. The first-order valence-corrected chi connectivity index (χ1v) is 8.02. The first-order chi connectivity index (χ1) is 11.7. The van der Waals surface area contributed by atoms with Crippen LogP contribution in [-0.4, -0.2) is 22.2 Å². The highest BCUT2D eigenvalue weighted by Crippen LogP contribution is 2.09. The van der Waals surface area contributed by atoms with Crippen molar-refractivity contribution in [3.63, 3.8) is 0 Å². The van der Waals surface area contributed by atoms with E-state index in [-0.39, 0.29) is 11.1 Å². The van der Waals surface area contributed by atoms with E-state index in [9.17, 15) is 9.59 Å². The van der Waals surface area contributed by atoms with Gasteiger partial charge >= 0.3 is 0 Å². The van der Waals surface area contributed by atoms with Crippen LogP contribution in [0, 0.1) is 0 Å². The van der Waals surface area contributed by atoms with E-state index >= 15 is 0 Å². The summed E-state index contributed by atoms with van der Waals surface area (Å²) in [6, 6.07) is 17.1. The van der Waals surface area contributed by atoms with Crippen LogP contribution in [0.15, 0.2) is 59.4 Å². The molecule has 3 aromatic rings. The summed E-state index contributed by atoms with van der Waals surface area (Å²) in [4.78, 5) is 24.9. The van der Waals surface area contributed by atoms with Gasteiger partial charge in [0.25, 0.3) is 5.91 Å². The molecule has 0 aliphatic heterocycles. The summed E-state index contributed by atoms with van der Waals surface area (Å²) < 4.78 is 1.68. The number of carbonyl (C=O) groups excluding carboxylic acids is 1. The molecule has 5 nitrogen and oxygen atoms in total. The molecule has 0 saturated heterocycles. The largest absolute Gasteiger partial charge is 0.350 e. The second-order valence-electron chi connectivity index (χ2n) is 5.50. The fourth-order valence-corrected chi connectivity index (χ4v) is 2.68. The van der Waals surface area contributed by atoms with Crippen LogP contribution in [0.4, 0.5) is 0 Å².